The predicted molar refractivity (Wildman–Crippen MR) is 247 cm³/mol. The van der Waals surface area contributed by atoms with Gasteiger partial charge >= 0.3 is 0 Å². The maximum absolute atomic E-state index is 6.42. The first-order valence-electron chi connectivity index (χ1n) is 20.1. The number of furan rings is 2. The zero-order chi connectivity index (χ0) is 38.9. The summed E-state index contributed by atoms with van der Waals surface area (Å²) < 4.78 is 12.6. The molecule has 0 aliphatic heterocycles. The Morgan fingerprint density at radius 2 is 0.780 bits per heavy atom. The Morgan fingerprint density at radius 1 is 0.288 bits per heavy atom. The van der Waals surface area contributed by atoms with Crippen LogP contribution in [0.5, 0.6) is 0 Å². The first-order chi connectivity index (χ1) is 29.2. The zero-order valence-corrected chi connectivity index (χ0v) is 32.0. The van der Waals surface area contributed by atoms with Crippen LogP contribution in [0.25, 0.3) is 98.8 Å². The van der Waals surface area contributed by atoms with E-state index in [4.69, 9.17) is 8.83 Å². The fraction of sp³-hybridized carbons (Fsp3) is 0. The molecule has 10 aromatic carbocycles. The number of fused-ring (bicyclic) bond motifs is 9. The first-order valence-corrected chi connectivity index (χ1v) is 20.1. The number of anilines is 3. The molecule has 3 heteroatoms. The molecule has 2 heterocycles. The van der Waals surface area contributed by atoms with Crippen molar-refractivity contribution < 1.29 is 8.83 Å². The van der Waals surface area contributed by atoms with Gasteiger partial charge in [0.25, 0.3) is 0 Å². The van der Waals surface area contributed by atoms with Gasteiger partial charge in [-0.3, -0.25) is 0 Å². The molecule has 0 unspecified atom stereocenters. The van der Waals surface area contributed by atoms with E-state index in [9.17, 15) is 0 Å². The third-order valence-electron chi connectivity index (χ3n) is 11.9. The van der Waals surface area contributed by atoms with Gasteiger partial charge in [0, 0.05) is 44.2 Å². The molecule has 2 aromatic heterocycles. The highest BCUT2D eigenvalue weighted by atomic mass is 16.3. The summed E-state index contributed by atoms with van der Waals surface area (Å²) >= 11 is 0. The van der Waals surface area contributed by atoms with E-state index in [1.54, 1.807) is 0 Å². The van der Waals surface area contributed by atoms with Gasteiger partial charge in [0.1, 0.15) is 22.3 Å². The molecule has 0 atom stereocenters. The van der Waals surface area contributed by atoms with E-state index in [0.717, 1.165) is 83.2 Å². The molecule has 12 aromatic rings. The molecule has 0 fully saturated rings. The van der Waals surface area contributed by atoms with Crippen molar-refractivity contribution >= 4 is 82.5 Å². The minimum Gasteiger partial charge on any atom is -0.456 e. The van der Waals surface area contributed by atoms with Crippen LogP contribution in [0.15, 0.2) is 221 Å². The molecule has 0 spiro atoms. The van der Waals surface area contributed by atoms with Crippen molar-refractivity contribution in [3.63, 3.8) is 0 Å². The highest BCUT2D eigenvalue weighted by molar-refractivity contribution is 6.14. The smallest absolute Gasteiger partial charge is 0.143 e. The van der Waals surface area contributed by atoms with Gasteiger partial charge in [0.05, 0.1) is 0 Å². The van der Waals surface area contributed by atoms with E-state index in [-0.39, 0.29) is 0 Å². The van der Waals surface area contributed by atoms with Crippen LogP contribution in [0.1, 0.15) is 0 Å². The second kappa shape index (κ2) is 13.4. The fourth-order valence-electron chi connectivity index (χ4n) is 9.01. The average molecular weight is 754 g/mol. The quantitative estimate of drug-likeness (QED) is 0.158. The van der Waals surface area contributed by atoms with Gasteiger partial charge in [-0.1, -0.05) is 152 Å². The molecule has 12 rings (SSSR count). The molecule has 0 aliphatic carbocycles. The van der Waals surface area contributed by atoms with Crippen LogP contribution in [0.4, 0.5) is 17.1 Å². The lowest BCUT2D eigenvalue weighted by Crippen LogP contribution is -2.09. The normalized spacial score (nSPS) is 11.7. The second-order valence-electron chi connectivity index (χ2n) is 15.3. The Labute approximate surface area is 340 Å². The predicted octanol–water partition coefficient (Wildman–Crippen LogP) is 16.3. The minimum atomic E-state index is 0.901. The maximum atomic E-state index is 6.42. The Balaban J connectivity index is 0.955. The molecule has 0 bridgehead atoms. The van der Waals surface area contributed by atoms with E-state index in [2.05, 4.69) is 193 Å². The van der Waals surface area contributed by atoms with Crippen molar-refractivity contribution in [2.75, 3.05) is 4.90 Å². The minimum absolute atomic E-state index is 0.901. The monoisotopic (exact) mass is 753 g/mol. The molecule has 59 heavy (non-hydrogen) atoms. The molecular formula is C56H35NO2. The van der Waals surface area contributed by atoms with Crippen LogP contribution in [0.2, 0.25) is 0 Å². The SMILES string of the molecule is c1ccc2c(c1)ccc1cccc(-c3ccc(N(c4ccc(-c5ccc6oc7ccccc7c6c5)cc4)c4ccc(-c5cccc6c5oc5ccccc56)cc4)cc3)c12. The first kappa shape index (κ1) is 33.3. The number of nitrogens with zero attached hydrogens (tertiary/aromatic N) is 1. The van der Waals surface area contributed by atoms with Crippen LogP contribution in [0.3, 0.4) is 0 Å². The standard InChI is InChI=1S/C56H35NO2/c1-2-11-45-37(9-1)19-20-40-10-7-14-46(55(40)45)38-23-30-43(31-24-38)57(42-28-21-36(22-29-42)41-27-34-54-51(35-41)49-13-4-5-17-52(49)58-54)44-32-25-39(26-33-44)47-15-8-16-50-48-12-3-6-18-53(48)59-56(47)50/h1-35H. The average Bonchev–Trinajstić information content (AvgIpc) is 3.88. The van der Waals surface area contributed by atoms with Crippen LogP contribution in [-0.4, -0.2) is 0 Å². The molecular weight excluding hydrogens is 719 g/mol. The number of hydrogen-bond acceptors (Lipinski definition) is 3. The molecule has 0 radical (unpaired) electrons. The lowest BCUT2D eigenvalue weighted by Gasteiger charge is -2.26. The molecule has 0 aliphatic rings. The number of para-hydroxylation sites is 3. The van der Waals surface area contributed by atoms with Crippen molar-refractivity contribution in [1.29, 1.82) is 0 Å². The molecule has 0 saturated heterocycles. The summed E-state index contributed by atoms with van der Waals surface area (Å²) in [5.74, 6) is 0. The summed E-state index contributed by atoms with van der Waals surface area (Å²) in [5, 5.41) is 9.56. The van der Waals surface area contributed by atoms with Crippen LogP contribution >= 0.6 is 0 Å². The largest absolute Gasteiger partial charge is 0.456 e. The van der Waals surface area contributed by atoms with E-state index in [1.807, 2.05) is 24.3 Å². The van der Waals surface area contributed by atoms with Gasteiger partial charge in [-0.15, -0.1) is 0 Å². The molecule has 0 amide bonds. The van der Waals surface area contributed by atoms with Gasteiger partial charge in [0.15, 0.2) is 0 Å². The van der Waals surface area contributed by atoms with Crippen molar-refractivity contribution in [3.05, 3.63) is 212 Å². The Hall–Kier alpha value is -7.88. The summed E-state index contributed by atoms with van der Waals surface area (Å²) in [6.45, 7) is 0. The van der Waals surface area contributed by atoms with Gasteiger partial charge in [-0.25, -0.2) is 0 Å². The van der Waals surface area contributed by atoms with Gasteiger partial charge in [-0.05, 0) is 110 Å². The lowest BCUT2D eigenvalue weighted by molar-refractivity contribution is 0.669. The zero-order valence-electron chi connectivity index (χ0n) is 32.0. The second-order valence-corrected chi connectivity index (χ2v) is 15.3. The molecule has 3 nitrogen and oxygen atoms in total. The maximum Gasteiger partial charge on any atom is 0.143 e. The summed E-state index contributed by atoms with van der Waals surface area (Å²) in [5.41, 5.74) is 13.7. The Morgan fingerprint density at radius 3 is 1.51 bits per heavy atom. The highest BCUT2D eigenvalue weighted by Crippen LogP contribution is 2.42. The third-order valence-corrected chi connectivity index (χ3v) is 11.9. The van der Waals surface area contributed by atoms with Gasteiger partial charge in [0.2, 0.25) is 0 Å². The van der Waals surface area contributed by atoms with Crippen molar-refractivity contribution in [2.45, 2.75) is 0 Å². The molecule has 0 saturated carbocycles. The van der Waals surface area contributed by atoms with Crippen LogP contribution in [-0.2, 0) is 0 Å². The number of benzene rings is 10. The van der Waals surface area contributed by atoms with E-state index < -0.39 is 0 Å². The fourth-order valence-corrected chi connectivity index (χ4v) is 9.01. The van der Waals surface area contributed by atoms with Gasteiger partial charge < -0.3 is 13.7 Å². The Bertz CT molecular complexity index is 3540. The topological polar surface area (TPSA) is 29.5 Å². The van der Waals surface area contributed by atoms with Crippen molar-refractivity contribution in [3.8, 4) is 33.4 Å². The number of hydrogen-bond donors (Lipinski definition) is 0. The highest BCUT2D eigenvalue weighted by Gasteiger charge is 2.17. The van der Waals surface area contributed by atoms with Crippen LogP contribution in [0, 0.1) is 0 Å². The molecule has 276 valence electrons. The van der Waals surface area contributed by atoms with E-state index in [1.165, 1.54) is 32.7 Å². The van der Waals surface area contributed by atoms with Gasteiger partial charge in [-0.2, -0.15) is 0 Å². The van der Waals surface area contributed by atoms with Crippen molar-refractivity contribution in [1.82, 2.24) is 0 Å². The number of rotatable bonds is 6. The summed E-state index contributed by atoms with van der Waals surface area (Å²) in [6, 6.07) is 75.8. The summed E-state index contributed by atoms with van der Waals surface area (Å²) in [6.07, 6.45) is 0. The Kier molecular flexibility index (Phi) is 7.54. The molecule has 0 N–H and O–H groups in total. The van der Waals surface area contributed by atoms with E-state index >= 15 is 0 Å². The van der Waals surface area contributed by atoms with Crippen molar-refractivity contribution in [2.24, 2.45) is 0 Å². The lowest BCUT2D eigenvalue weighted by atomic mass is 9.93. The van der Waals surface area contributed by atoms with Crippen LogP contribution < -0.4 is 4.90 Å². The summed E-state index contributed by atoms with van der Waals surface area (Å²) in [4.78, 5) is 2.34. The van der Waals surface area contributed by atoms with E-state index in [0.29, 0.717) is 0 Å². The summed E-state index contributed by atoms with van der Waals surface area (Å²) in [7, 11) is 0. The third kappa shape index (κ3) is 5.51.